The Morgan fingerprint density at radius 1 is 1.09 bits per heavy atom. The molecule has 0 aliphatic heterocycles. The van der Waals surface area contributed by atoms with E-state index < -0.39 is 10.9 Å². The smallest absolute Gasteiger partial charge is 0.257 e. The lowest BCUT2D eigenvalue weighted by Gasteiger charge is -2.22. The highest BCUT2D eigenvalue weighted by Gasteiger charge is 2.25. The Balaban J connectivity index is 1.63. The van der Waals surface area contributed by atoms with Gasteiger partial charge < -0.3 is 25.1 Å². The van der Waals surface area contributed by atoms with Gasteiger partial charge in [-0.15, -0.1) is 0 Å². The Kier molecular flexibility index (Phi) is 5.44. The summed E-state index contributed by atoms with van der Waals surface area (Å²) < 4.78 is 5.47. The number of carbonyl (C=O) groups excluding carboxylic acids is 1. The van der Waals surface area contributed by atoms with Crippen molar-refractivity contribution in [3.8, 4) is 5.75 Å². The molecule has 1 unspecified atom stereocenters. The fraction of sp³-hybridized carbons (Fsp3) is 0.208. The highest BCUT2D eigenvalue weighted by molar-refractivity contribution is 5.99. The summed E-state index contributed by atoms with van der Waals surface area (Å²) >= 11 is 0. The molecule has 0 fully saturated rings. The van der Waals surface area contributed by atoms with Gasteiger partial charge in [-0.25, -0.2) is 0 Å². The van der Waals surface area contributed by atoms with Gasteiger partial charge in [0.05, 0.1) is 23.6 Å². The summed E-state index contributed by atoms with van der Waals surface area (Å²) in [5.41, 5.74) is 0.776. The molecule has 0 saturated carbocycles. The normalized spacial score (nSPS) is 12.1. The Labute approximate surface area is 183 Å². The number of nitrogens with one attached hydrogen (secondary N) is 2. The third-order valence-corrected chi connectivity index (χ3v) is 5.45. The maximum Gasteiger partial charge on any atom is 0.257 e. The molecule has 0 spiro atoms. The van der Waals surface area contributed by atoms with Gasteiger partial charge in [0, 0.05) is 19.5 Å². The van der Waals surface area contributed by atoms with Crippen molar-refractivity contribution < 1.29 is 14.3 Å². The van der Waals surface area contributed by atoms with Gasteiger partial charge in [-0.2, -0.15) is 0 Å². The van der Waals surface area contributed by atoms with E-state index in [-0.39, 0.29) is 40.3 Å². The fourth-order valence-corrected chi connectivity index (χ4v) is 3.62. The number of hydrogen-bond acceptors (Lipinski definition) is 7. The number of para-hydroxylation sites is 1. The average molecular weight is 433 g/mol. The summed E-state index contributed by atoms with van der Waals surface area (Å²) in [7, 11) is 3.15. The number of aromatic hydroxyl groups is 1. The molecule has 1 heterocycles. The minimum atomic E-state index is -0.687. The Morgan fingerprint density at radius 2 is 1.84 bits per heavy atom. The first kappa shape index (κ1) is 21.2. The fourth-order valence-electron chi connectivity index (χ4n) is 3.62. The number of phenols is 1. The van der Waals surface area contributed by atoms with Crippen molar-refractivity contribution in [3.05, 3.63) is 80.3 Å². The van der Waals surface area contributed by atoms with Gasteiger partial charge in [0.25, 0.3) is 16.8 Å². The second-order valence-electron chi connectivity index (χ2n) is 7.76. The molecular formula is C24H23N3O5. The second-order valence-corrected chi connectivity index (χ2v) is 7.76. The van der Waals surface area contributed by atoms with Gasteiger partial charge in [-0.05, 0) is 36.2 Å². The molecule has 0 saturated heterocycles. The molecule has 0 radical (unpaired) electrons. The molecule has 164 valence electrons. The van der Waals surface area contributed by atoms with Crippen LogP contribution in [0.5, 0.6) is 5.75 Å². The van der Waals surface area contributed by atoms with Crippen LogP contribution in [0.4, 0.5) is 17.1 Å². The van der Waals surface area contributed by atoms with Gasteiger partial charge in [-0.3, -0.25) is 14.4 Å². The summed E-state index contributed by atoms with van der Waals surface area (Å²) in [6.07, 6.45) is 2.27. The van der Waals surface area contributed by atoms with E-state index >= 15 is 0 Å². The van der Waals surface area contributed by atoms with Crippen LogP contribution in [0, 0.1) is 0 Å². The van der Waals surface area contributed by atoms with Crippen molar-refractivity contribution in [2.45, 2.75) is 19.4 Å². The predicted octanol–water partition coefficient (Wildman–Crippen LogP) is 3.74. The van der Waals surface area contributed by atoms with Crippen LogP contribution < -0.4 is 21.5 Å². The van der Waals surface area contributed by atoms with Crippen LogP contribution in [0.3, 0.4) is 0 Å². The van der Waals surface area contributed by atoms with E-state index in [2.05, 4.69) is 10.6 Å². The Hall–Kier alpha value is -4.07. The summed E-state index contributed by atoms with van der Waals surface area (Å²) in [5, 5.41) is 17.5. The van der Waals surface area contributed by atoms with Crippen molar-refractivity contribution in [2.75, 3.05) is 24.7 Å². The molecule has 4 rings (SSSR count). The third-order valence-electron chi connectivity index (χ3n) is 5.45. The summed E-state index contributed by atoms with van der Waals surface area (Å²) in [4.78, 5) is 38.2. The van der Waals surface area contributed by atoms with Crippen LogP contribution in [0.15, 0.2) is 62.7 Å². The molecular weight excluding hydrogens is 410 g/mol. The van der Waals surface area contributed by atoms with Crippen molar-refractivity contribution in [1.29, 1.82) is 0 Å². The average Bonchev–Trinajstić information content (AvgIpc) is 3.26. The molecule has 1 aromatic heterocycles. The minimum absolute atomic E-state index is 0.0530. The standard InChI is InChI=1S/C24H23N3O5/c1-4-16(14-9-8-13-10-11-32-18(13)12-14)25-19-20(23(30)22(19)29)26-17-7-5-6-15(21(17)28)24(31)27(2)3/h5-12,16,25-26,28H,4H2,1-3H3. The monoisotopic (exact) mass is 433 g/mol. The number of furan rings is 1. The van der Waals surface area contributed by atoms with Gasteiger partial charge >= 0.3 is 0 Å². The first-order valence-corrected chi connectivity index (χ1v) is 10.2. The molecule has 1 atom stereocenters. The molecule has 4 aromatic rings. The van der Waals surface area contributed by atoms with Crippen molar-refractivity contribution in [2.24, 2.45) is 0 Å². The highest BCUT2D eigenvalue weighted by atomic mass is 16.3. The summed E-state index contributed by atoms with van der Waals surface area (Å²) in [6, 6.07) is 12.0. The molecule has 32 heavy (non-hydrogen) atoms. The zero-order valence-electron chi connectivity index (χ0n) is 17.9. The van der Waals surface area contributed by atoms with E-state index in [1.807, 2.05) is 31.2 Å². The molecule has 1 amide bonds. The van der Waals surface area contributed by atoms with Crippen LogP contribution in [0.1, 0.15) is 35.3 Å². The van der Waals surface area contributed by atoms with Crippen LogP contribution in [0.2, 0.25) is 0 Å². The number of rotatable bonds is 7. The summed E-state index contributed by atoms with van der Waals surface area (Å²) in [6.45, 7) is 1.96. The molecule has 8 heteroatoms. The van der Waals surface area contributed by atoms with Crippen LogP contribution in [0.25, 0.3) is 11.0 Å². The predicted molar refractivity (Wildman–Crippen MR) is 124 cm³/mol. The zero-order valence-corrected chi connectivity index (χ0v) is 17.9. The van der Waals surface area contributed by atoms with E-state index in [0.29, 0.717) is 6.42 Å². The number of phenolic OH excluding ortho intramolecular Hbond substituents is 1. The number of benzene rings is 2. The molecule has 3 N–H and O–H groups in total. The molecule has 0 aliphatic carbocycles. The Bertz CT molecular complexity index is 1380. The minimum Gasteiger partial charge on any atom is -0.505 e. The van der Waals surface area contributed by atoms with E-state index in [1.54, 1.807) is 26.4 Å². The van der Waals surface area contributed by atoms with E-state index in [9.17, 15) is 19.5 Å². The van der Waals surface area contributed by atoms with Crippen molar-refractivity contribution in [3.63, 3.8) is 0 Å². The SMILES string of the molecule is CCC(Nc1c(Nc2cccc(C(=O)N(C)C)c2O)c(=O)c1=O)c1ccc2ccoc2c1. The molecule has 8 nitrogen and oxygen atoms in total. The summed E-state index contributed by atoms with van der Waals surface area (Å²) in [5.74, 6) is -0.672. The number of nitrogens with zero attached hydrogens (tertiary/aromatic N) is 1. The topological polar surface area (TPSA) is 112 Å². The van der Waals surface area contributed by atoms with Crippen molar-refractivity contribution in [1.82, 2.24) is 4.90 Å². The van der Waals surface area contributed by atoms with Crippen molar-refractivity contribution >= 4 is 33.9 Å². The van der Waals surface area contributed by atoms with E-state index in [4.69, 9.17) is 4.42 Å². The lowest BCUT2D eigenvalue weighted by atomic mass is 10.0. The molecule has 3 aromatic carbocycles. The number of anilines is 3. The lowest BCUT2D eigenvalue weighted by molar-refractivity contribution is 0.0824. The number of amides is 1. The molecule has 0 aliphatic rings. The van der Waals surface area contributed by atoms with Gasteiger partial charge in [0.1, 0.15) is 17.0 Å². The quantitative estimate of drug-likeness (QED) is 0.301. The first-order valence-electron chi connectivity index (χ1n) is 10.2. The number of hydrogen-bond donors (Lipinski definition) is 3. The largest absolute Gasteiger partial charge is 0.505 e. The van der Waals surface area contributed by atoms with Crippen LogP contribution in [-0.2, 0) is 0 Å². The maximum atomic E-state index is 12.3. The number of carbonyl (C=O) groups is 1. The zero-order chi connectivity index (χ0) is 23.0. The molecule has 0 bridgehead atoms. The second kappa shape index (κ2) is 8.22. The Morgan fingerprint density at radius 3 is 2.56 bits per heavy atom. The first-order chi connectivity index (χ1) is 15.3. The highest BCUT2D eigenvalue weighted by Crippen LogP contribution is 2.33. The lowest BCUT2D eigenvalue weighted by Crippen LogP contribution is -2.37. The van der Waals surface area contributed by atoms with Crippen LogP contribution >= 0.6 is 0 Å². The van der Waals surface area contributed by atoms with Crippen LogP contribution in [-0.4, -0.2) is 30.0 Å². The van der Waals surface area contributed by atoms with E-state index in [0.717, 1.165) is 16.5 Å². The third kappa shape index (κ3) is 3.60. The van der Waals surface area contributed by atoms with Gasteiger partial charge in [-0.1, -0.05) is 25.1 Å². The van der Waals surface area contributed by atoms with E-state index in [1.165, 1.54) is 17.0 Å². The van der Waals surface area contributed by atoms with Gasteiger partial charge in [0.15, 0.2) is 5.75 Å². The maximum absolute atomic E-state index is 12.3. The number of fused-ring (bicyclic) bond motifs is 1. The van der Waals surface area contributed by atoms with Gasteiger partial charge in [0.2, 0.25) is 0 Å².